The summed E-state index contributed by atoms with van der Waals surface area (Å²) in [7, 11) is 1.98. The van der Waals surface area contributed by atoms with Crippen LogP contribution in [0.3, 0.4) is 0 Å². The van der Waals surface area contributed by atoms with E-state index in [1.165, 1.54) is 0 Å². The van der Waals surface area contributed by atoms with E-state index in [1.54, 1.807) is 0 Å². The van der Waals surface area contributed by atoms with Crippen molar-refractivity contribution in [3.63, 3.8) is 0 Å². The monoisotopic (exact) mass is 194 g/mol. The van der Waals surface area contributed by atoms with Crippen molar-refractivity contribution in [2.45, 2.75) is 27.3 Å². The van der Waals surface area contributed by atoms with Crippen LogP contribution in [-0.4, -0.2) is 15.4 Å². The number of aryl methyl sites for hydroxylation is 1. The van der Waals surface area contributed by atoms with Gasteiger partial charge in [0.2, 0.25) is 0 Å². The van der Waals surface area contributed by atoms with Crippen molar-refractivity contribution in [2.24, 2.45) is 23.7 Å². The molecule has 4 nitrogen and oxygen atoms in total. The normalized spacial score (nSPS) is 12.5. The van der Waals surface area contributed by atoms with Crippen molar-refractivity contribution in [2.75, 3.05) is 0 Å². The minimum Gasteiger partial charge on any atom is -0.387 e. The van der Waals surface area contributed by atoms with E-state index in [-0.39, 0.29) is 0 Å². The number of hydrogen-bond acceptors (Lipinski definition) is 2. The first-order chi connectivity index (χ1) is 6.52. The van der Waals surface area contributed by atoms with Crippen LogP contribution in [0.15, 0.2) is 11.2 Å². The van der Waals surface area contributed by atoms with E-state index in [2.05, 4.69) is 9.98 Å². The van der Waals surface area contributed by atoms with Crippen molar-refractivity contribution in [1.82, 2.24) is 9.55 Å². The lowest BCUT2D eigenvalue weighted by atomic mass is 10.2. The van der Waals surface area contributed by atoms with Crippen LogP contribution in [0.5, 0.6) is 0 Å². The number of nitrogens with zero attached hydrogens (tertiary/aromatic N) is 3. The number of aromatic nitrogens is 2. The third kappa shape index (κ3) is 2.34. The van der Waals surface area contributed by atoms with Gasteiger partial charge < -0.3 is 10.3 Å². The molecule has 1 heterocycles. The molecule has 2 N–H and O–H groups in total. The first-order valence-electron chi connectivity index (χ1n) is 4.79. The van der Waals surface area contributed by atoms with E-state index in [0.717, 1.165) is 11.5 Å². The topological polar surface area (TPSA) is 56.2 Å². The lowest BCUT2D eigenvalue weighted by Crippen LogP contribution is -2.19. The summed E-state index contributed by atoms with van der Waals surface area (Å²) in [4.78, 5) is 8.49. The predicted octanol–water partition coefficient (Wildman–Crippen LogP) is 1.24. The quantitative estimate of drug-likeness (QED) is 0.581. The zero-order valence-electron chi connectivity index (χ0n) is 9.28. The van der Waals surface area contributed by atoms with E-state index in [4.69, 9.17) is 5.73 Å². The highest BCUT2D eigenvalue weighted by atomic mass is 15.1. The highest BCUT2D eigenvalue weighted by Gasteiger charge is 2.02. The van der Waals surface area contributed by atoms with E-state index >= 15 is 0 Å². The fourth-order valence-electron chi connectivity index (χ4n) is 1.05. The highest BCUT2D eigenvalue weighted by molar-refractivity contribution is 5.82. The van der Waals surface area contributed by atoms with Gasteiger partial charge in [-0.15, -0.1) is 0 Å². The molecule has 4 heteroatoms. The molecule has 0 atom stereocenters. The van der Waals surface area contributed by atoms with Gasteiger partial charge >= 0.3 is 0 Å². The van der Waals surface area contributed by atoms with Gasteiger partial charge in [-0.2, -0.15) is 0 Å². The number of nitrogens with two attached hydrogens (primary N) is 1. The smallest absolute Gasteiger partial charge is 0.105 e. The second kappa shape index (κ2) is 4.26. The highest BCUT2D eigenvalue weighted by Crippen LogP contribution is 2.04. The predicted molar refractivity (Wildman–Crippen MR) is 58.1 cm³/mol. The molecule has 14 heavy (non-hydrogen) atoms. The Bertz CT molecular complexity index is 336. The van der Waals surface area contributed by atoms with Crippen LogP contribution < -0.4 is 5.73 Å². The van der Waals surface area contributed by atoms with Crippen molar-refractivity contribution in [3.8, 4) is 0 Å². The Kier molecular flexibility index (Phi) is 3.28. The zero-order chi connectivity index (χ0) is 10.7. The van der Waals surface area contributed by atoms with E-state index in [0.29, 0.717) is 18.3 Å². The van der Waals surface area contributed by atoms with Gasteiger partial charge in [0.1, 0.15) is 5.82 Å². The summed E-state index contributed by atoms with van der Waals surface area (Å²) in [6.45, 7) is 6.65. The van der Waals surface area contributed by atoms with Gasteiger partial charge in [0.15, 0.2) is 0 Å². The fourth-order valence-corrected chi connectivity index (χ4v) is 1.05. The second-order valence-corrected chi connectivity index (χ2v) is 3.75. The van der Waals surface area contributed by atoms with Crippen LogP contribution >= 0.6 is 0 Å². The van der Waals surface area contributed by atoms with Gasteiger partial charge in [-0.3, -0.25) is 4.99 Å². The van der Waals surface area contributed by atoms with Gasteiger partial charge in [0.25, 0.3) is 0 Å². The zero-order valence-corrected chi connectivity index (χ0v) is 9.28. The molecule has 0 radical (unpaired) electrons. The molecule has 0 fully saturated rings. The van der Waals surface area contributed by atoms with E-state index < -0.39 is 0 Å². The van der Waals surface area contributed by atoms with Gasteiger partial charge in [0.05, 0.1) is 24.3 Å². The summed E-state index contributed by atoms with van der Waals surface area (Å²) in [5.74, 6) is 2.01. The molecule has 0 saturated heterocycles. The van der Waals surface area contributed by atoms with Gasteiger partial charge in [-0.05, 0) is 6.92 Å². The lowest BCUT2D eigenvalue weighted by molar-refractivity contribution is 0.779. The number of hydrogen-bond donors (Lipinski definition) is 1. The molecule has 1 aromatic rings. The molecule has 1 aromatic heterocycles. The molecule has 0 aliphatic carbocycles. The molecular formula is C10H18N4. The fraction of sp³-hybridized carbons (Fsp3) is 0.600. The molecule has 0 spiro atoms. The summed E-state index contributed by atoms with van der Waals surface area (Å²) in [6.07, 6.45) is 1.84. The van der Waals surface area contributed by atoms with Crippen LogP contribution in [0, 0.1) is 12.8 Å². The minimum atomic E-state index is 0.310. The molecule has 1 rings (SSSR count). The third-order valence-electron chi connectivity index (χ3n) is 2.33. The average Bonchev–Trinajstić information content (AvgIpc) is 2.44. The average molecular weight is 194 g/mol. The Labute approximate surface area is 84.9 Å². The van der Waals surface area contributed by atoms with Crippen LogP contribution in [0.25, 0.3) is 0 Å². The van der Waals surface area contributed by atoms with Crippen LogP contribution in [0.2, 0.25) is 0 Å². The maximum Gasteiger partial charge on any atom is 0.105 e. The Hall–Kier alpha value is -1.32. The lowest BCUT2D eigenvalue weighted by Gasteiger charge is -2.04. The number of amidine groups is 1. The second-order valence-electron chi connectivity index (χ2n) is 3.75. The Morgan fingerprint density at radius 2 is 2.29 bits per heavy atom. The third-order valence-corrected chi connectivity index (χ3v) is 2.33. The molecule has 0 saturated carbocycles. The van der Waals surface area contributed by atoms with Crippen molar-refractivity contribution in [1.29, 1.82) is 0 Å². The summed E-state index contributed by atoms with van der Waals surface area (Å²) in [6, 6.07) is 0. The van der Waals surface area contributed by atoms with Crippen molar-refractivity contribution >= 4 is 5.84 Å². The molecule has 0 aliphatic heterocycles. The van der Waals surface area contributed by atoms with Crippen molar-refractivity contribution < 1.29 is 0 Å². The van der Waals surface area contributed by atoms with Crippen LogP contribution in [0.1, 0.15) is 25.4 Å². The number of imidazole rings is 1. The number of aliphatic imine (C=N–C) groups is 1. The first kappa shape index (κ1) is 10.8. The molecule has 0 unspecified atom stereocenters. The maximum atomic E-state index is 5.74. The van der Waals surface area contributed by atoms with Crippen molar-refractivity contribution in [3.05, 3.63) is 17.7 Å². The van der Waals surface area contributed by atoms with Gasteiger partial charge in [0, 0.05) is 13.0 Å². The van der Waals surface area contributed by atoms with E-state index in [9.17, 15) is 0 Å². The molecule has 0 amide bonds. The molecule has 78 valence electrons. The molecule has 0 aromatic carbocycles. The molecule has 0 aliphatic rings. The van der Waals surface area contributed by atoms with E-state index in [1.807, 2.05) is 38.6 Å². The minimum absolute atomic E-state index is 0.310. The molecule has 0 bridgehead atoms. The number of rotatable bonds is 3. The maximum absolute atomic E-state index is 5.74. The standard InChI is InChI=1S/C10H18N4/c1-7(2)10(11)13-6-9-5-12-8(3)14(9)4/h5,7H,6H2,1-4H3,(H2,11,13). The first-order valence-corrected chi connectivity index (χ1v) is 4.79. The molecular weight excluding hydrogens is 176 g/mol. The summed E-state index contributed by atoms with van der Waals surface area (Å²) in [5.41, 5.74) is 6.83. The Morgan fingerprint density at radius 1 is 1.64 bits per heavy atom. The van der Waals surface area contributed by atoms with Crippen LogP contribution in [0.4, 0.5) is 0 Å². The van der Waals surface area contributed by atoms with Gasteiger partial charge in [-0.1, -0.05) is 13.8 Å². The summed E-state index contributed by atoms with van der Waals surface area (Å²) >= 11 is 0. The Balaban J connectivity index is 2.71. The van der Waals surface area contributed by atoms with Gasteiger partial charge in [-0.25, -0.2) is 4.98 Å². The summed E-state index contributed by atoms with van der Waals surface area (Å²) < 4.78 is 2.02. The van der Waals surface area contributed by atoms with Crippen LogP contribution in [-0.2, 0) is 13.6 Å². The Morgan fingerprint density at radius 3 is 2.71 bits per heavy atom. The summed E-state index contributed by atoms with van der Waals surface area (Å²) in [5, 5.41) is 0. The SMILES string of the molecule is Cc1ncc(CN=C(N)C(C)C)n1C. The largest absolute Gasteiger partial charge is 0.387 e.